The van der Waals surface area contributed by atoms with Crippen LogP contribution in [0.15, 0.2) is 0 Å². The molecule has 4 heteroatoms. The summed E-state index contributed by atoms with van der Waals surface area (Å²) in [5, 5.41) is 12.1. The minimum atomic E-state index is 0.0448. The van der Waals surface area contributed by atoms with Crippen LogP contribution in [0, 0.1) is 5.92 Å². The summed E-state index contributed by atoms with van der Waals surface area (Å²) in [6.07, 6.45) is 3.31. The number of amides is 1. The summed E-state index contributed by atoms with van der Waals surface area (Å²) in [7, 11) is 0. The second-order valence-corrected chi connectivity index (χ2v) is 4.29. The first-order valence-electron chi connectivity index (χ1n) is 5.44. The van der Waals surface area contributed by atoms with Crippen LogP contribution in [0.3, 0.4) is 0 Å². The summed E-state index contributed by atoms with van der Waals surface area (Å²) >= 11 is 0. The lowest BCUT2D eigenvalue weighted by Gasteiger charge is -2.41. The van der Waals surface area contributed by atoms with Gasteiger partial charge in [-0.2, -0.15) is 0 Å². The number of likely N-dealkylation sites (tertiary alicyclic amines) is 1. The fourth-order valence-electron chi connectivity index (χ4n) is 2.15. The Morgan fingerprint density at radius 3 is 2.79 bits per heavy atom. The molecular weight excluding hydrogens is 180 g/mol. The van der Waals surface area contributed by atoms with Crippen molar-refractivity contribution in [1.82, 2.24) is 10.2 Å². The molecule has 2 aliphatic rings. The Labute approximate surface area is 84.3 Å². The number of carbonyl (C=O) groups is 1. The molecule has 0 spiro atoms. The number of hydrogen-bond acceptors (Lipinski definition) is 3. The quantitative estimate of drug-likeness (QED) is 0.633. The molecule has 1 unspecified atom stereocenters. The zero-order valence-electron chi connectivity index (χ0n) is 8.41. The highest BCUT2D eigenvalue weighted by atomic mass is 16.3. The number of piperidine rings is 1. The lowest BCUT2D eigenvalue weighted by molar-refractivity contribution is -0.141. The molecule has 80 valence electrons. The van der Waals surface area contributed by atoms with Crippen LogP contribution in [0.25, 0.3) is 0 Å². The number of hydrogen-bond donors (Lipinski definition) is 2. The Hall–Kier alpha value is -0.610. The van der Waals surface area contributed by atoms with Crippen molar-refractivity contribution in [3.63, 3.8) is 0 Å². The lowest BCUT2D eigenvalue weighted by Crippen LogP contribution is -2.57. The molecule has 1 amide bonds. The molecule has 0 radical (unpaired) electrons. The van der Waals surface area contributed by atoms with Crippen LogP contribution in [-0.2, 0) is 4.79 Å². The van der Waals surface area contributed by atoms with Crippen LogP contribution in [-0.4, -0.2) is 48.2 Å². The van der Waals surface area contributed by atoms with Crippen LogP contribution in [0.1, 0.15) is 19.3 Å². The smallest absolute Gasteiger partial charge is 0.239 e. The van der Waals surface area contributed by atoms with Gasteiger partial charge in [-0.1, -0.05) is 6.42 Å². The fraction of sp³-hybridized carbons (Fsp3) is 0.900. The van der Waals surface area contributed by atoms with Crippen molar-refractivity contribution in [3.8, 4) is 0 Å². The summed E-state index contributed by atoms with van der Waals surface area (Å²) in [5.41, 5.74) is 0. The van der Waals surface area contributed by atoms with E-state index in [1.54, 1.807) is 0 Å². The van der Waals surface area contributed by atoms with E-state index in [4.69, 9.17) is 5.11 Å². The van der Waals surface area contributed by atoms with Gasteiger partial charge < -0.3 is 15.3 Å². The third kappa shape index (κ3) is 1.91. The van der Waals surface area contributed by atoms with E-state index in [0.29, 0.717) is 5.92 Å². The van der Waals surface area contributed by atoms with Crippen molar-refractivity contribution in [2.24, 2.45) is 5.92 Å². The van der Waals surface area contributed by atoms with Crippen molar-refractivity contribution in [2.75, 3.05) is 26.2 Å². The van der Waals surface area contributed by atoms with Gasteiger partial charge >= 0.3 is 0 Å². The summed E-state index contributed by atoms with van der Waals surface area (Å²) in [6.45, 7) is 2.66. The van der Waals surface area contributed by atoms with Gasteiger partial charge in [-0.15, -0.1) is 0 Å². The standard InChI is InChI=1S/C10H18N2O2/c13-7-8-5-12(6-8)10(14)9-3-1-2-4-11-9/h8-9,11,13H,1-7H2. The van der Waals surface area contributed by atoms with Crippen molar-refractivity contribution in [1.29, 1.82) is 0 Å². The average molecular weight is 198 g/mol. The first kappa shape index (κ1) is 9.93. The summed E-state index contributed by atoms with van der Waals surface area (Å²) in [4.78, 5) is 13.7. The summed E-state index contributed by atoms with van der Waals surface area (Å²) in [6, 6.07) is 0.0448. The minimum Gasteiger partial charge on any atom is -0.396 e. The van der Waals surface area contributed by atoms with E-state index in [1.807, 2.05) is 4.90 Å². The van der Waals surface area contributed by atoms with Gasteiger partial charge in [0.05, 0.1) is 6.04 Å². The van der Waals surface area contributed by atoms with Crippen molar-refractivity contribution in [2.45, 2.75) is 25.3 Å². The number of aliphatic hydroxyl groups is 1. The van der Waals surface area contributed by atoms with Crippen molar-refractivity contribution in [3.05, 3.63) is 0 Å². The highest BCUT2D eigenvalue weighted by Crippen LogP contribution is 2.18. The van der Waals surface area contributed by atoms with E-state index in [-0.39, 0.29) is 18.6 Å². The molecule has 0 aromatic rings. The normalized spacial score (nSPS) is 28.6. The largest absolute Gasteiger partial charge is 0.396 e. The molecule has 2 rings (SSSR count). The Morgan fingerprint density at radius 1 is 1.43 bits per heavy atom. The zero-order chi connectivity index (χ0) is 9.97. The molecule has 2 N–H and O–H groups in total. The van der Waals surface area contributed by atoms with Crippen LogP contribution in [0.5, 0.6) is 0 Å². The average Bonchev–Trinajstić information content (AvgIpc) is 2.17. The Morgan fingerprint density at radius 2 is 2.21 bits per heavy atom. The minimum absolute atomic E-state index is 0.0448. The van der Waals surface area contributed by atoms with E-state index >= 15 is 0 Å². The molecule has 0 saturated carbocycles. The molecule has 2 fully saturated rings. The third-order valence-electron chi connectivity index (χ3n) is 3.14. The second kappa shape index (κ2) is 4.28. The molecular formula is C10H18N2O2. The second-order valence-electron chi connectivity index (χ2n) is 4.29. The van der Waals surface area contributed by atoms with Crippen molar-refractivity contribution < 1.29 is 9.90 Å². The highest BCUT2D eigenvalue weighted by molar-refractivity contribution is 5.82. The van der Waals surface area contributed by atoms with E-state index in [2.05, 4.69) is 5.32 Å². The highest BCUT2D eigenvalue weighted by Gasteiger charge is 2.34. The van der Waals surface area contributed by atoms with Gasteiger partial charge in [0, 0.05) is 25.6 Å². The number of rotatable bonds is 2. The SMILES string of the molecule is O=C(C1CCCCN1)N1CC(CO)C1. The maximum atomic E-state index is 11.8. The summed E-state index contributed by atoms with van der Waals surface area (Å²) < 4.78 is 0. The third-order valence-corrected chi connectivity index (χ3v) is 3.14. The predicted molar refractivity (Wildman–Crippen MR) is 52.8 cm³/mol. The lowest BCUT2D eigenvalue weighted by atomic mass is 9.97. The number of aliphatic hydroxyl groups excluding tert-OH is 1. The number of carbonyl (C=O) groups excluding carboxylic acids is 1. The van der Waals surface area contributed by atoms with Gasteiger partial charge in [-0.05, 0) is 19.4 Å². The maximum absolute atomic E-state index is 11.8. The Bertz CT molecular complexity index is 208. The van der Waals surface area contributed by atoms with Gasteiger partial charge in [0.2, 0.25) is 5.91 Å². The predicted octanol–water partition coefficient (Wildman–Crippen LogP) is -0.421. The molecule has 2 heterocycles. The molecule has 0 aromatic carbocycles. The van der Waals surface area contributed by atoms with Crippen LogP contribution < -0.4 is 5.32 Å². The van der Waals surface area contributed by atoms with Crippen molar-refractivity contribution >= 4 is 5.91 Å². The topological polar surface area (TPSA) is 52.6 Å². The zero-order valence-corrected chi connectivity index (χ0v) is 8.41. The van der Waals surface area contributed by atoms with Gasteiger partial charge in [0.1, 0.15) is 0 Å². The molecule has 4 nitrogen and oxygen atoms in total. The maximum Gasteiger partial charge on any atom is 0.239 e. The van der Waals surface area contributed by atoms with Gasteiger partial charge in [0.15, 0.2) is 0 Å². The Kier molecular flexibility index (Phi) is 3.03. The fourth-order valence-corrected chi connectivity index (χ4v) is 2.15. The number of nitrogens with one attached hydrogen (secondary N) is 1. The summed E-state index contributed by atoms with van der Waals surface area (Å²) in [5.74, 6) is 0.553. The van der Waals surface area contributed by atoms with E-state index in [0.717, 1.165) is 32.5 Å². The van der Waals surface area contributed by atoms with Crippen LogP contribution >= 0.6 is 0 Å². The van der Waals surface area contributed by atoms with E-state index in [9.17, 15) is 4.79 Å². The van der Waals surface area contributed by atoms with Gasteiger partial charge in [-0.3, -0.25) is 4.79 Å². The molecule has 2 aliphatic heterocycles. The van der Waals surface area contributed by atoms with Crippen LogP contribution in [0.2, 0.25) is 0 Å². The monoisotopic (exact) mass is 198 g/mol. The van der Waals surface area contributed by atoms with Gasteiger partial charge in [0.25, 0.3) is 0 Å². The van der Waals surface area contributed by atoms with E-state index in [1.165, 1.54) is 6.42 Å². The molecule has 14 heavy (non-hydrogen) atoms. The molecule has 2 saturated heterocycles. The molecule has 0 bridgehead atoms. The van der Waals surface area contributed by atoms with Gasteiger partial charge in [-0.25, -0.2) is 0 Å². The van der Waals surface area contributed by atoms with E-state index < -0.39 is 0 Å². The van der Waals surface area contributed by atoms with Crippen LogP contribution in [0.4, 0.5) is 0 Å². The molecule has 0 aromatic heterocycles. The molecule has 1 atom stereocenters. The first-order valence-corrected chi connectivity index (χ1v) is 5.44. The first-order chi connectivity index (χ1) is 6.81. The number of nitrogens with zero attached hydrogens (tertiary/aromatic N) is 1. The molecule has 0 aliphatic carbocycles. The Balaban J connectivity index is 1.78.